The number of esters is 1. The first-order valence-corrected chi connectivity index (χ1v) is 9.39. The first kappa shape index (κ1) is 15.4. The minimum atomic E-state index is -0.126. The number of allylic oxidation sites excluding steroid dienone is 1. The summed E-state index contributed by atoms with van der Waals surface area (Å²) in [5.74, 6) is 3.10. The van der Waals surface area contributed by atoms with Crippen LogP contribution in [0.1, 0.15) is 65.2 Å². The Bertz CT molecular complexity index is 563. The lowest BCUT2D eigenvalue weighted by Gasteiger charge is -2.53. The summed E-state index contributed by atoms with van der Waals surface area (Å²) in [5, 5.41) is 0. The molecule has 23 heavy (non-hydrogen) atoms. The number of rotatable bonds is 1. The summed E-state index contributed by atoms with van der Waals surface area (Å²) in [4.78, 5) is 23.2. The minimum absolute atomic E-state index is 0.121. The van der Waals surface area contributed by atoms with Gasteiger partial charge in [0.2, 0.25) is 0 Å². The van der Waals surface area contributed by atoms with Crippen molar-refractivity contribution < 1.29 is 14.3 Å². The molecule has 0 N–H and O–H groups in total. The number of ketones is 1. The molecule has 4 aliphatic rings. The van der Waals surface area contributed by atoms with Crippen molar-refractivity contribution in [2.24, 2.45) is 29.1 Å². The standard InChI is InChI=1S/C20H28O3/c1-12(21)23-19-8-7-18-17-5-3-13-11-14(22)4-6-15(13)16(17)9-10-20(18,19)2/h11,15-19H,3-10H2,1-2H3/t15-,16+,17+,18-,19-,20-/m0/s1. The van der Waals surface area contributed by atoms with Crippen LogP contribution in [0.2, 0.25) is 0 Å². The summed E-state index contributed by atoms with van der Waals surface area (Å²) < 4.78 is 5.69. The van der Waals surface area contributed by atoms with Crippen LogP contribution in [0.4, 0.5) is 0 Å². The van der Waals surface area contributed by atoms with Crippen molar-refractivity contribution >= 4 is 11.8 Å². The molecule has 3 heteroatoms. The van der Waals surface area contributed by atoms with Gasteiger partial charge in [-0.1, -0.05) is 12.5 Å². The van der Waals surface area contributed by atoms with Gasteiger partial charge in [-0.25, -0.2) is 0 Å². The lowest BCUT2D eigenvalue weighted by molar-refractivity contribution is -0.156. The van der Waals surface area contributed by atoms with Gasteiger partial charge >= 0.3 is 5.97 Å². The summed E-state index contributed by atoms with van der Waals surface area (Å²) >= 11 is 0. The molecule has 3 saturated carbocycles. The molecule has 0 aliphatic heterocycles. The van der Waals surface area contributed by atoms with Gasteiger partial charge < -0.3 is 4.74 Å². The molecule has 0 aromatic heterocycles. The molecule has 4 aliphatic carbocycles. The lowest BCUT2D eigenvalue weighted by Crippen LogP contribution is -2.48. The van der Waals surface area contributed by atoms with Gasteiger partial charge in [0, 0.05) is 18.8 Å². The van der Waals surface area contributed by atoms with Crippen molar-refractivity contribution in [1.82, 2.24) is 0 Å². The predicted octanol–water partition coefficient (Wildman–Crippen LogP) is 4.06. The maximum Gasteiger partial charge on any atom is 0.302 e. The average Bonchev–Trinajstić information content (AvgIpc) is 2.83. The highest BCUT2D eigenvalue weighted by atomic mass is 16.5. The molecule has 0 radical (unpaired) electrons. The number of ether oxygens (including phenoxy) is 1. The molecule has 3 fully saturated rings. The number of hydrogen-bond donors (Lipinski definition) is 0. The van der Waals surface area contributed by atoms with E-state index >= 15 is 0 Å². The summed E-state index contributed by atoms with van der Waals surface area (Å²) in [6.07, 6.45) is 10.9. The van der Waals surface area contributed by atoms with Crippen molar-refractivity contribution in [2.45, 2.75) is 71.3 Å². The zero-order valence-electron chi connectivity index (χ0n) is 14.3. The molecule has 126 valence electrons. The van der Waals surface area contributed by atoms with Crippen LogP contribution < -0.4 is 0 Å². The Morgan fingerprint density at radius 3 is 2.74 bits per heavy atom. The number of fused-ring (bicyclic) bond motifs is 5. The SMILES string of the molecule is CC(=O)O[C@H]1CC[C@H]2[C@@H]3CCC4=CC(=O)CC[C@@H]4[C@H]3CC[C@]12C. The van der Waals surface area contributed by atoms with Gasteiger partial charge in [-0.2, -0.15) is 0 Å². The molecule has 0 saturated heterocycles. The van der Waals surface area contributed by atoms with Crippen LogP contribution in [-0.4, -0.2) is 17.9 Å². The van der Waals surface area contributed by atoms with Crippen LogP contribution in [-0.2, 0) is 14.3 Å². The molecule has 0 aromatic rings. The van der Waals surface area contributed by atoms with Crippen molar-refractivity contribution in [3.8, 4) is 0 Å². The van der Waals surface area contributed by atoms with Gasteiger partial charge in [0.15, 0.2) is 5.78 Å². The van der Waals surface area contributed by atoms with Gasteiger partial charge in [-0.05, 0) is 74.7 Å². The minimum Gasteiger partial charge on any atom is -0.462 e. The van der Waals surface area contributed by atoms with Crippen LogP contribution in [0.25, 0.3) is 0 Å². The highest BCUT2D eigenvalue weighted by molar-refractivity contribution is 5.91. The zero-order valence-corrected chi connectivity index (χ0v) is 14.3. The number of carbonyl (C=O) groups is 2. The van der Waals surface area contributed by atoms with Gasteiger partial charge in [0.05, 0.1) is 0 Å². The van der Waals surface area contributed by atoms with Crippen LogP contribution in [0.5, 0.6) is 0 Å². The second-order valence-corrected chi connectivity index (χ2v) is 8.52. The molecule has 0 aromatic carbocycles. The van der Waals surface area contributed by atoms with Crippen LogP contribution in [0.3, 0.4) is 0 Å². The molecular weight excluding hydrogens is 288 g/mol. The third-order valence-electron chi connectivity index (χ3n) is 7.52. The van der Waals surface area contributed by atoms with E-state index in [1.54, 1.807) is 6.92 Å². The van der Waals surface area contributed by atoms with Gasteiger partial charge in [0.1, 0.15) is 6.10 Å². The van der Waals surface area contributed by atoms with E-state index in [1.165, 1.54) is 31.3 Å². The largest absolute Gasteiger partial charge is 0.462 e. The molecule has 0 bridgehead atoms. The summed E-state index contributed by atoms with van der Waals surface area (Å²) in [5.41, 5.74) is 1.62. The molecule has 0 unspecified atom stereocenters. The average molecular weight is 316 g/mol. The van der Waals surface area contributed by atoms with Crippen molar-refractivity contribution in [3.05, 3.63) is 11.6 Å². The zero-order chi connectivity index (χ0) is 16.2. The molecular formula is C20H28O3. The fourth-order valence-corrected chi connectivity index (χ4v) is 6.53. The second-order valence-electron chi connectivity index (χ2n) is 8.52. The van der Waals surface area contributed by atoms with E-state index in [2.05, 4.69) is 6.92 Å². The monoisotopic (exact) mass is 316 g/mol. The lowest BCUT2D eigenvalue weighted by atomic mass is 9.52. The highest BCUT2D eigenvalue weighted by Gasteiger charge is 2.57. The van der Waals surface area contributed by atoms with E-state index in [0.717, 1.165) is 37.5 Å². The maximum absolute atomic E-state index is 11.7. The van der Waals surface area contributed by atoms with Crippen molar-refractivity contribution in [2.75, 3.05) is 0 Å². The quantitative estimate of drug-likeness (QED) is 0.685. The Balaban J connectivity index is 1.57. The van der Waals surface area contributed by atoms with Crippen molar-refractivity contribution in [1.29, 1.82) is 0 Å². The van der Waals surface area contributed by atoms with Gasteiger partial charge in [0.25, 0.3) is 0 Å². The Morgan fingerprint density at radius 1 is 1.13 bits per heavy atom. The molecule has 0 spiro atoms. The molecule has 0 heterocycles. The maximum atomic E-state index is 11.7. The van der Waals surface area contributed by atoms with E-state index in [0.29, 0.717) is 17.6 Å². The Hall–Kier alpha value is -1.12. The fraction of sp³-hybridized carbons (Fsp3) is 0.800. The van der Waals surface area contributed by atoms with Crippen LogP contribution in [0.15, 0.2) is 11.6 Å². The summed E-state index contributed by atoms with van der Waals surface area (Å²) in [6.45, 7) is 3.91. The van der Waals surface area contributed by atoms with E-state index < -0.39 is 0 Å². The number of hydrogen-bond acceptors (Lipinski definition) is 3. The molecule has 0 amide bonds. The second kappa shape index (κ2) is 5.46. The van der Waals surface area contributed by atoms with Crippen LogP contribution in [0, 0.1) is 29.1 Å². The first-order chi connectivity index (χ1) is 11.0. The number of carbonyl (C=O) groups excluding carboxylic acids is 2. The summed E-state index contributed by atoms with van der Waals surface area (Å²) in [6, 6.07) is 0. The van der Waals surface area contributed by atoms with E-state index in [1.807, 2.05) is 6.08 Å². The summed E-state index contributed by atoms with van der Waals surface area (Å²) in [7, 11) is 0. The first-order valence-electron chi connectivity index (χ1n) is 9.39. The van der Waals surface area contributed by atoms with E-state index in [4.69, 9.17) is 4.74 Å². The van der Waals surface area contributed by atoms with E-state index in [9.17, 15) is 9.59 Å². The Kier molecular flexibility index (Phi) is 3.66. The fourth-order valence-electron chi connectivity index (χ4n) is 6.53. The topological polar surface area (TPSA) is 43.4 Å². The van der Waals surface area contributed by atoms with Gasteiger partial charge in [-0.15, -0.1) is 0 Å². The van der Waals surface area contributed by atoms with E-state index in [-0.39, 0.29) is 17.5 Å². The smallest absolute Gasteiger partial charge is 0.302 e. The molecule has 4 rings (SSSR count). The van der Waals surface area contributed by atoms with Crippen LogP contribution >= 0.6 is 0 Å². The third-order valence-corrected chi connectivity index (χ3v) is 7.52. The predicted molar refractivity (Wildman–Crippen MR) is 87.6 cm³/mol. The molecule has 6 atom stereocenters. The molecule has 3 nitrogen and oxygen atoms in total. The Labute approximate surface area is 138 Å². The third kappa shape index (κ3) is 2.38. The Morgan fingerprint density at radius 2 is 1.96 bits per heavy atom. The van der Waals surface area contributed by atoms with Gasteiger partial charge in [-0.3, -0.25) is 9.59 Å². The van der Waals surface area contributed by atoms with Crippen molar-refractivity contribution in [3.63, 3.8) is 0 Å². The normalized spacial score (nSPS) is 45.6. The highest BCUT2D eigenvalue weighted by Crippen LogP contribution is 2.62.